The van der Waals surface area contributed by atoms with Crippen LogP contribution in [-0.2, 0) is 13.5 Å². The average Bonchev–Trinajstić information content (AvgIpc) is 3.67. The lowest BCUT2D eigenvalue weighted by Gasteiger charge is -2.13. The van der Waals surface area contributed by atoms with E-state index >= 15 is 0 Å². The molecule has 1 aromatic carbocycles. The largest absolute Gasteiger partial charge is 0.321 e. The number of carbonyl (C=O) groups is 1. The van der Waals surface area contributed by atoms with E-state index < -0.39 is 0 Å². The van der Waals surface area contributed by atoms with E-state index in [2.05, 4.69) is 33.5 Å². The summed E-state index contributed by atoms with van der Waals surface area (Å²) in [7, 11) is 1.95. The van der Waals surface area contributed by atoms with Crippen LogP contribution in [0.4, 0.5) is 5.69 Å². The first kappa shape index (κ1) is 18.9. The van der Waals surface area contributed by atoms with E-state index in [1.807, 2.05) is 35.9 Å². The molecule has 0 aliphatic heterocycles. The molecule has 2 aliphatic rings. The topological polar surface area (TPSA) is 85.6 Å². The normalized spacial score (nSPS) is 17.0. The van der Waals surface area contributed by atoms with Crippen LogP contribution in [0.2, 0.25) is 0 Å². The molecular formula is C23H26N6O. The smallest absolute Gasteiger partial charge is 0.274 e. The van der Waals surface area contributed by atoms with E-state index in [1.165, 1.54) is 0 Å². The summed E-state index contributed by atoms with van der Waals surface area (Å²) in [4.78, 5) is 22.3. The van der Waals surface area contributed by atoms with Gasteiger partial charge in [0.1, 0.15) is 23.7 Å². The van der Waals surface area contributed by atoms with Crippen molar-refractivity contribution in [1.82, 2.24) is 24.7 Å². The molecule has 1 N–H and O–H groups in total. The fourth-order valence-corrected chi connectivity index (χ4v) is 3.72. The van der Waals surface area contributed by atoms with Crippen LogP contribution in [0.3, 0.4) is 0 Å². The van der Waals surface area contributed by atoms with Crippen molar-refractivity contribution < 1.29 is 4.79 Å². The fraction of sp³-hybridized carbons (Fsp3) is 0.435. The molecule has 2 aromatic heterocycles. The average molecular weight is 403 g/mol. The molecule has 2 fully saturated rings. The quantitative estimate of drug-likeness (QED) is 0.646. The standard InChI is InChI=1S/C23H26N6O/c1-14(10-21-28-24-13-29(21)2)17-4-3-5-18(11-17)25-23(30)20-12-19(15-6-7-15)26-22(27-20)16-8-9-16/h3-5,11-16H,6-10H2,1-2H3,(H,25,30)/t14-/m1/s1. The maximum Gasteiger partial charge on any atom is 0.274 e. The van der Waals surface area contributed by atoms with E-state index in [9.17, 15) is 4.79 Å². The number of carbonyl (C=O) groups excluding carboxylic acids is 1. The number of anilines is 1. The second-order valence-electron chi connectivity index (χ2n) is 8.63. The number of hydrogen-bond donors (Lipinski definition) is 1. The number of hydrogen-bond acceptors (Lipinski definition) is 5. The minimum absolute atomic E-state index is 0.167. The van der Waals surface area contributed by atoms with Gasteiger partial charge in [0.2, 0.25) is 0 Å². The van der Waals surface area contributed by atoms with E-state index in [1.54, 1.807) is 6.33 Å². The lowest BCUT2D eigenvalue weighted by atomic mass is 9.97. The van der Waals surface area contributed by atoms with Crippen LogP contribution in [-0.4, -0.2) is 30.6 Å². The molecule has 2 saturated carbocycles. The van der Waals surface area contributed by atoms with Gasteiger partial charge >= 0.3 is 0 Å². The van der Waals surface area contributed by atoms with Gasteiger partial charge in [-0.3, -0.25) is 4.79 Å². The highest BCUT2D eigenvalue weighted by Gasteiger charge is 2.32. The SMILES string of the molecule is C[C@H](Cc1nncn1C)c1cccc(NC(=O)c2cc(C3CC3)nc(C3CC3)n2)c1. The van der Waals surface area contributed by atoms with E-state index in [0.29, 0.717) is 17.5 Å². The minimum Gasteiger partial charge on any atom is -0.321 e. The molecule has 1 atom stereocenters. The highest BCUT2D eigenvalue weighted by Crippen LogP contribution is 2.42. The molecule has 7 heteroatoms. The molecule has 0 spiro atoms. The van der Waals surface area contributed by atoms with Gasteiger partial charge in [-0.1, -0.05) is 19.1 Å². The summed E-state index contributed by atoms with van der Waals surface area (Å²) in [5.41, 5.74) is 3.44. The van der Waals surface area contributed by atoms with Crippen molar-refractivity contribution in [2.75, 3.05) is 5.32 Å². The highest BCUT2D eigenvalue weighted by molar-refractivity contribution is 6.03. The van der Waals surface area contributed by atoms with Gasteiger partial charge in [-0.15, -0.1) is 10.2 Å². The van der Waals surface area contributed by atoms with Gasteiger partial charge in [0.15, 0.2) is 0 Å². The molecule has 7 nitrogen and oxygen atoms in total. The van der Waals surface area contributed by atoms with Crippen LogP contribution in [0.1, 0.15) is 83.8 Å². The maximum atomic E-state index is 13.0. The van der Waals surface area contributed by atoms with Crippen LogP contribution in [0, 0.1) is 0 Å². The Labute approximate surface area is 176 Å². The van der Waals surface area contributed by atoms with Gasteiger partial charge in [-0.05, 0) is 55.4 Å². The second-order valence-corrected chi connectivity index (χ2v) is 8.63. The summed E-state index contributed by atoms with van der Waals surface area (Å²) in [5, 5.41) is 11.2. The Morgan fingerprint density at radius 1 is 1.17 bits per heavy atom. The monoisotopic (exact) mass is 402 g/mol. The maximum absolute atomic E-state index is 13.0. The van der Waals surface area contributed by atoms with Gasteiger partial charge in [-0.25, -0.2) is 9.97 Å². The highest BCUT2D eigenvalue weighted by atomic mass is 16.1. The Kier molecular flexibility index (Phi) is 4.81. The van der Waals surface area contributed by atoms with Crippen molar-refractivity contribution in [2.45, 2.75) is 56.8 Å². The van der Waals surface area contributed by atoms with Gasteiger partial charge in [0.05, 0.1) is 0 Å². The summed E-state index contributed by atoms with van der Waals surface area (Å²) in [6, 6.07) is 9.88. The second kappa shape index (κ2) is 7.63. The molecule has 154 valence electrons. The molecule has 1 amide bonds. The van der Waals surface area contributed by atoms with Crippen LogP contribution in [0.25, 0.3) is 0 Å². The van der Waals surface area contributed by atoms with E-state index in [0.717, 1.165) is 60.7 Å². The van der Waals surface area contributed by atoms with Crippen LogP contribution in [0.15, 0.2) is 36.7 Å². The Morgan fingerprint density at radius 3 is 2.67 bits per heavy atom. The number of amides is 1. The van der Waals surface area contributed by atoms with Gasteiger partial charge in [0, 0.05) is 36.7 Å². The van der Waals surface area contributed by atoms with Crippen molar-refractivity contribution in [3.63, 3.8) is 0 Å². The number of aryl methyl sites for hydroxylation is 1. The van der Waals surface area contributed by atoms with Crippen molar-refractivity contribution in [3.8, 4) is 0 Å². The summed E-state index contributed by atoms with van der Waals surface area (Å²) < 4.78 is 1.94. The molecule has 0 unspecified atom stereocenters. The first-order chi connectivity index (χ1) is 14.6. The van der Waals surface area contributed by atoms with Crippen molar-refractivity contribution in [1.29, 1.82) is 0 Å². The van der Waals surface area contributed by atoms with Crippen molar-refractivity contribution in [2.24, 2.45) is 7.05 Å². The fourth-order valence-electron chi connectivity index (χ4n) is 3.72. The zero-order valence-corrected chi connectivity index (χ0v) is 17.4. The number of rotatable bonds is 7. The number of nitrogens with one attached hydrogen (secondary N) is 1. The van der Waals surface area contributed by atoms with Gasteiger partial charge < -0.3 is 9.88 Å². The van der Waals surface area contributed by atoms with Gasteiger partial charge in [-0.2, -0.15) is 0 Å². The van der Waals surface area contributed by atoms with E-state index in [-0.39, 0.29) is 11.8 Å². The molecule has 5 rings (SSSR count). The summed E-state index contributed by atoms with van der Waals surface area (Å²) in [6.45, 7) is 2.16. The van der Waals surface area contributed by atoms with Crippen LogP contribution < -0.4 is 5.32 Å². The third kappa shape index (κ3) is 4.10. The molecule has 3 aromatic rings. The summed E-state index contributed by atoms with van der Waals surface area (Å²) in [5.74, 6) is 2.81. The Morgan fingerprint density at radius 2 is 1.97 bits per heavy atom. The molecule has 30 heavy (non-hydrogen) atoms. The molecular weight excluding hydrogens is 376 g/mol. The first-order valence-corrected chi connectivity index (χ1v) is 10.7. The van der Waals surface area contributed by atoms with Crippen LogP contribution in [0.5, 0.6) is 0 Å². The van der Waals surface area contributed by atoms with Crippen molar-refractivity contribution >= 4 is 11.6 Å². The number of nitrogens with zero attached hydrogens (tertiary/aromatic N) is 5. The molecule has 0 bridgehead atoms. The first-order valence-electron chi connectivity index (χ1n) is 10.7. The number of aromatic nitrogens is 5. The third-order valence-electron chi connectivity index (χ3n) is 5.94. The van der Waals surface area contributed by atoms with Crippen LogP contribution >= 0.6 is 0 Å². The summed E-state index contributed by atoms with van der Waals surface area (Å²) >= 11 is 0. The Balaban J connectivity index is 1.33. The Bertz CT molecular complexity index is 1050. The predicted octanol–water partition coefficient (Wildman–Crippen LogP) is 3.96. The molecule has 2 aliphatic carbocycles. The zero-order chi connectivity index (χ0) is 20.7. The van der Waals surface area contributed by atoms with Gasteiger partial charge in [0.25, 0.3) is 5.91 Å². The lowest BCUT2D eigenvalue weighted by molar-refractivity contribution is 0.102. The minimum atomic E-state index is -0.167. The van der Waals surface area contributed by atoms with E-state index in [4.69, 9.17) is 4.98 Å². The zero-order valence-electron chi connectivity index (χ0n) is 17.4. The lowest BCUT2D eigenvalue weighted by Crippen LogP contribution is -2.16. The molecule has 2 heterocycles. The Hall–Kier alpha value is -3.09. The molecule has 0 saturated heterocycles. The summed E-state index contributed by atoms with van der Waals surface area (Å²) in [6.07, 6.45) is 7.07. The molecule has 0 radical (unpaired) electrons. The van der Waals surface area contributed by atoms with Crippen molar-refractivity contribution in [3.05, 3.63) is 65.3 Å². The number of benzene rings is 1. The predicted molar refractivity (Wildman–Crippen MR) is 113 cm³/mol. The third-order valence-corrected chi connectivity index (χ3v) is 5.94.